The zero-order valence-electron chi connectivity index (χ0n) is 10.5. The highest BCUT2D eigenvalue weighted by atomic mass is 79.9. The minimum Gasteiger partial charge on any atom is -0.363 e. The number of benzene rings is 1. The molecule has 0 aliphatic rings. The number of aromatic nitrogens is 3. The van der Waals surface area contributed by atoms with Crippen LogP contribution in [0.15, 0.2) is 47.3 Å². The summed E-state index contributed by atoms with van der Waals surface area (Å²) in [5.74, 6) is 6.69. The number of fused-ring (bicyclic) bond motifs is 1. The minimum atomic E-state index is 0.578. The Balaban J connectivity index is 1.86. The first kappa shape index (κ1) is 12.9. The van der Waals surface area contributed by atoms with Gasteiger partial charge in [0.2, 0.25) is 0 Å². The van der Waals surface area contributed by atoms with E-state index in [9.17, 15) is 0 Å². The maximum atomic E-state index is 5.42. The van der Waals surface area contributed by atoms with Gasteiger partial charge in [-0.15, -0.1) is 0 Å². The first-order chi connectivity index (χ1) is 9.76. The van der Waals surface area contributed by atoms with E-state index >= 15 is 0 Å². The highest BCUT2D eigenvalue weighted by Gasteiger charge is 2.06. The minimum absolute atomic E-state index is 0.578. The van der Waals surface area contributed by atoms with Crippen LogP contribution in [0.1, 0.15) is 5.56 Å². The van der Waals surface area contributed by atoms with Crippen LogP contribution in [-0.4, -0.2) is 14.4 Å². The SMILES string of the molecule is NNc1cn2ccnc2c(NCc2ccc(Br)cc2)n1. The molecular formula is C13H13BrN6. The Morgan fingerprint density at radius 2 is 2.05 bits per heavy atom. The topological polar surface area (TPSA) is 80.3 Å². The van der Waals surface area contributed by atoms with Crippen LogP contribution in [0.3, 0.4) is 0 Å². The second-order valence-electron chi connectivity index (χ2n) is 4.26. The zero-order valence-corrected chi connectivity index (χ0v) is 12.1. The molecule has 0 saturated heterocycles. The molecule has 0 radical (unpaired) electrons. The van der Waals surface area contributed by atoms with Crippen LogP contribution in [0.25, 0.3) is 5.65 Å². The molecular weight excluding hydrogens is 320 g/mol. The average Bonchev–Trinajstić information content (AvgIpc) is 2.94. The Morgan fingerprint density at radius 3 is 2.80 bits per heavy atom. The number of hydrazine groups is 1. The fourth-order valence-electron chi connectivity index (χ4n) is 1.91. The average molecular weight is 333 g/mol. The Labute approximate surface area is 124 Å². The zero-order chi connectivity index (χ0) is 13.9. The van der Waals surface area contributed by atoms with E-state index in [1.54, 1.807) is 12.4 Å². The van der Waals surface area contributed by atoms with Crippen molar-refractivity contribution in [1.29, 1.82) is 0 Å². The summed E-state index contributed by atoms with van der Waals surface area (Å²) in [6.07, 6.45) is 5.36. The van der Waals surface area contributed by atoms with Crippen molar-refractivity contribution in [2.45, 2.75) is 6.54 Å². The third-order valence-electron chi connectivity index (χ3n) is 2.90. The number of nitrogens with two attached hydrogens (primary N) is 1. The number of nitrogens with zero attached hydrogens (tertiary/aromatic N) is 3. The Bertz CT molecular complexity index is 721. The van der Waals surface area contributed by atoms with Crippen molar-refractivity contribution < 1.29 is 0 Å². The highest BCUT2D eigenvalue weighted by molar-refractivity contribution is 9.10. The molecule has 2 heterocycles. The van der Waals surface area contributed by atoms with Crippen LogP contribution >= 0.6 is 15.9 Å². The van der Waals surface area contributed by atoms with Crippen LogP contribution < -0.4 is 16.6 Å². The van der Waals surface area contributed by atoms with Crippen LogP contribution in [0.2, 0.25) is 0 Å². The molecule has 0 aliphatic carbocycles. The fraction of sp³-hybridized carbons (Fsp3) is 0.0769. The van der Waals surface area contributed by atoms with E-state index in [2.05, 4.69) is 36.6 Å². The van der Waals surface area contributed by atoms with Gasteiger partial charge < -0.3 is 15.1 Å². The molecule has 0 unspecified atom stereocenters. The predicted octanol–water partition coefficient (Wildman–Crippen LogP) is 2.39. The maximum Gasteiger partial charge on any atom is 0.180 e. The summed E-state index contributed by atoms with van der Waals surface area (Å²) in [5.41, 5.74) is 4.47. The van der Waals surface area contributed by atoms with Crippen LogP contribution in [0.4, 0.5) is 11.6 Å². The monoisotopic (exact) mass is 332 g/mol. The van der Waals surface area contributed by atoms with Gasteiger partial charge in [-0.2, -0.15) is 0 Å². The molecule has 0 amide bonds. The van der Waals surface area contributed by atoms with Crippen molar-refractivity contribution >= 4 is 33.2 Å². The van der Waals surface area contributed by atoms with Gasteiger partial charge in [0.25, 0.3) is 0 Å². The number of nitrogens with one attached hydrogen (secondary N) is 2. The van der Waals surface area contributed by atoms with E-state index in [4.69, 9.17) is 5.84 Å². The first-order valence-corrected chi connectivity index (χ1v) is 6.84. The third-order valence-corrected chi connectivity index (χ3v) is 3.42. The normalized spacial score (nSPS) is 10.7. The van der Waals surface area contributed by atoms with Gasteiger partial charge in [0.1, 0.15) is 0 Å². The van der Waals surface area contributed by atoms with Gasteiger partial charge in [-0.05, 0) is 17.7 Å². The Hall–Kier alpha value is -2.12. The van der Waals surface area contributed by atoms with Gasteiger partial charge in [0, 0.05) is 23.4 Å². The standard InChI is InChI=1S/C13H13BrN6/c14-10-3-1-9(2-4-10)7-17-12-13-16-5-6-20(13)8-11(18-12)19-15/h1-6,8,19H,7,15H2,(H,17,18). The van der Waals surface area contributed by atoms with E-state index in [1.807, 2.05) is 34.9 Å². The second-order valence-corrected chi connectivity index (χ2v) is 5.17. The summed E-state index contributed by atoms with van der Waals surface area (Å²) in [6, 6.07) is 8.11. The van der Waals surface area contributed by atoms with Gasteiger partial charge in [-0.1, -0.05) is 28.1 Å². The molecule has 2 aromatic heterocycles. The quantitative estimate of drug-likeness (QED) is 0.505. The molecule has 0 bridgehead atoms. The number of halogens is 1. The lowest BCUT2D eigenvalue weighted by molar-refractivity contribution is 1.06. The number of rotatable bonds is 4. The Morgan fingerprint density at radius 1 is 1.25 bits per heavy atom. The fourth-order valence-corrected chi connectivity index (χ4v) is 2.17. The van der Waals surface area contributed by atoms with Crippen LogP contribution in [0.5, 0.6) is 0 Å². The largest absolute Gasteiger partial charge is 0.363 e. The number of hydrogen-bond donors (Lipinski definition) is 3. The maximum absolute atomic E-state index is 5.42. The first-order valence-electron chi connectivity index (χ1n) is 6.05. The molecule has 0 atom stereocenters. The van der Waals surface area contributed by atoms with E-state index in [1.165, 1.54) is 0 Å². The lowest BCUT2D eigenvalue weighted by atomic mass is 10.2. The molecule has 20 heavy (non-hydrogen) atoms. The van der Waals surface area contributed by atoms with Crippen molar-refractivity contribution in [3.05, 3.63) is 52.9 Å². The van der Waals surface area contributed by atoms with Gasteiger partial charge in [-0.25, -0.2) is 15.8 Å². The van der Waals surface area contributed by atoms with Crippen LogP contribution in [0, 0.1) is 0 Å². The van der Waals surface area contributed by atoms with Crippen molar-refractivity contribution in [2.24, 2.45) is 5.84 Å². The lowest BCUT2D eigenvalue weighted by Crippen LogP contribution is -2.12. The molecule has 0 aliphatic heterocycles. The van der Waals surface area contributed by atoms with E-state index in [0.29, 0.717) is 18.2 Å². The highest BCUT2D eigenvalue weighted by Crippen LogP contribution is 2.17. The van der Waals surface area contributed by atoms with Gasteiger partial charge in [-0.3, -0.25) is 0 Å². The summed E-state index contributed by atoms with van der Waals surface area (Å²) < 4.78 is 2.93. The van der Waals surface area contributed by atoms with E-state index in [0.717, 1.165) is 15.7 Å². The molecule has 7 heteroatoms. The lowest BCUT2D eigenvalue weighted by Gasteiger charge is -2.09. The molecule has 1 aromatic carbocycles. The van der Waals surface area contributed by atoms with Crippen LogP contribution in [-0.2, 0) is 6.54 Å². The number of hydrogen-bond acceptors (Lipinski definition) is 5. The summed E-state index contributed by atoms with van der Waals surface area (Å²) in [6.45, 7) is 0.664. The van der Waals surface area contributed by atoms with Crippen molar-refractivity contribution in [3.63, 3.8) is 0 Å². The van der Waals surface area contributed by atoms with Crippen molar-refractivity contribution in [3.8, 4) is 0 Å². The molecule has 0 spiro atoms. The van der Waals surface area contributed by atoms with Crippen molar-refractivity contribution in [1.82, 2.24) is 14.4 Å². The number of nitrogen functional groups attached to an aromatic ring is 1. The van der Waals surface area contributed by atoms with E-state index < -0.39 is 0 Å². The molecule has 3 rings (SSSR count). The third kappa shape index (κ3) is 2.59. The summed E-state index contributed by atoms with van der Waals surface area (Å²) in [7, 11) is 0. The van der Waals surface area contributed by atoms with Gasteiger partial charge in [0.15, 0.2) is 17.3 Å². The molecule has 3 aromatic rings. The molecule has 102 valence electrons. The molecule has 0 saturated carbocycles. The predicted molar refractivity (Wildman–Crippen MR) is 82.3 cm³/mol. The van der Waals surface area contributed by atoms with Gasteiger partial charge >= 0.3 is 0 Å². The molecule has 4 N–H and O–H groups in total. The van der Waals surface area contributed by atoms with E-state index in [-0.39, 0.29) is 0 Å². The molecule has 0 fully saturated rings. The van der Waals surface area contributed by atoms with Gasteiger partial charge in [0.05, 0.1) is 6.20 Å². The Kier molecular flexibility index (Phi) is 3.53. The number of anilines is 2. The summed E-state index contributed by atoms with van der Waals surface area (Å²) >= 11 is 3.42. The molecule has 6 nitrogen and oxygen atoms in total. The second kappa shape index (κ2) is 5.48. The van der Waals surface area contributed by atoms with Crippen molar-refractivity contribution in [2.75, 3.05) is 10.7 Å². The summed E-state index contributed by atoms with van der Waals surface area (Å²) in [5, 5.41) is 3.28. The summed E-state index contributed by atoms with van der Waals surface area (Å²) in [4.78, 5) is 8.67. The number of imidazole rings is 1. The smallest absolute Gasteiger partial charge is 0.180 e.